The molecule has 0 saturated carbocycles. The molecule has 2 saturated heterocycles. The van der Waals surface area contributed by atoms with Crippen molar-refractivity contribution in [2.75, 3.05) is 26.2 Å². The molecule has 2 fully saturated rings. The third-order valence-corrected chi connectivity index (χ3v) is 3.92. The fourth-order valence-electron chi connectivity index (χ4n) is 2.85. The number of rotatable bonds is 3. The number of fused-ring (bicyclic) bond motifs is 1. The van der Waals surface area contributed by atoms with E-state index in [2.05, 4.69) is 21.5 Å². The molecule has 0 spiro atoms. The van der Waals surface area contributed by atoms with Gasteiger partial charge in [0.1, 0.15) is 0 Å². The Labute approximate surface area is 103 Å². The van der Waals surface area contributed by atoms with Crippen molar-refractivity contribution in [3.63, 3.8) is 0 Å². The molecular weight excluding hydrogens is 214 g/mol. The summed E-state index contributed by atoms with van der Waals surface area (Å²) >= 11 is 0. The Balaban J connectivity index is 1.86. The average Bonchev–Trinajstić information content (AvgIpc) is 2.78. The SMILES string of the molecule is C#CCNC(=O)C(C)N1C[C@@H]2CCCN[C@@H]2C1. The normalized spacial score (nSPS) is 30.4. The highest BCUT2D eigenvalue weighted by atomic mass is 16.2. The average molecular weight is 235 g/mol. The Morgan fingerprint density at radius 1 is 1.65 bits per heavy atom. The molecule has 2 rings (SSSR count). The third-order valence-electron chi connectivity index (χ3n) is 3.92. The van der Waals surface area contributed by atoms with E-state index in [1.165, 1.54) is 12.8 Å². The van der Waals surface area contributed by atoms with Crippen LogP contribution in [-0.4, -0.2) is 49.1 Å². The number of amides is 1. The minimum absolute atomic E-state index is 0.0431. The number of piperidine rings is 1. The molecule has 17 heavy (non-hydrogen) atoms. The van der Waals surface area contributed by atoms with Gasteiger partial charge >= 0.3 is 0 Å². The zero-order valence-electron chi connectivity index (χ0n) is 10.4. The molecule has 1 amide bonds. The lowest BCUT2D eigenvalue weighted by Gasteiger charge is -2.24. The van der Waals surface area contributed by atoms with Gasteiger partial charge in [-0.25, -0.2) is 0 Å². The fraction of sp³-hybridized carbons (Fsp3) is 0.769. The van der Waals surface area contributed by atoms with E-state index in [-0.39, 0.29) is 11.9 Å². The molecule has 3 atom stereocenters. The first-order valence-electron chi connectivity index (χ1n) is 6.41. The highest BCUT2D eigenvalue weighted by Gasteiger charge is 2.37. The molecule has 0 aromatic carbocycles. The number of terminal acetylenes is 1. The lowest BCUT2D eigenvalue weighted by Crippen LogP contribution is -2.45. The third kappa shape index (κ3) is 2.80. The standard InChI is InChI=1S/C13H21N3O/c1-3-6-15-13(17)10(2)16-8-11-5-4-7-14-12(11)9-16/h1,10-12,14H,4-9H2,2H3,(H,15,17)/t10?,11-,12+/m0/s1. The molecule has 94 valence electrons. The van der Waals surface area contributed by atoms with Gasteiger partial charge in [-0.1, -0.05) is 5.92 Å². The van der Waals surface area contributed by atoms with Crippen molar-refractivity contribution in [2.24, 2.45) is 5.92 Å². The van der Waals surface area contributed by atoms with Crippen molar-refractivity contribution < 1.29 is 4.79 Å². The number of hydrogen-bond acceptors (Lipinski definition) is 3. The number of nitrogens with zero attached hydrogens (tertiary/aromatic N) is 1. The summed E-state index contributed by atoms with van der Waals surface area (Å²) in [6.07, 6.45) is 7.68. The van der Waals surface area contributed by atoms with Gasteiger partial charge in [0, 0.05) is 19.1 Å². The van der Waals surface area contributed by atoms with Gasteiger partial charge < -0.3 is 10.6 Å². The van der Waals surface area contributed by atoms with E-state index in [0.29, 0.717) is 18.5 Å². The van der Waals surface area contributed by atoms with Crippen LogP contribution in [0.4, 0.5) is 0 Å². The Morgan fingerprint density at radius 2 is 2.47 bits per heavy atom. The summed E-state index contributed by atoms with van der Waals surface area (Å²) in [6.45, 7) is 5.41. The Morgan fingerprint density at radius 3 is 3.18 bits per heavy atom. The zero-order chi connectivity index (χ0) is 12.3. The minimum atomic E-state index is -0.0734. The molecule has 4 heteroatoms. The van der Waals surface area contributed by atoms with Crippen LogP contribution in [0.25, 0.3) is 0 Å². The molecule has 2 N–H and O–H groups in total. The Hall–Kier alpha value is -1.05. The molecule has 2 heterocycles. The van der Waals surface area contributed by atoms with E-state index in [0.717, 1.165) is 19.6 Å². The van der Waals surface area contributed by atoms with Crippen molar-refractivity contribution in [2.45, 2.75) is 31.8 Å². The van der Waals surface area contributed by atoms with Crippen LogP contribution in [0, 0.1) is 18.3 Å². The van der Waals surface area contributed by atoms with Crippen molar-refractivity contribution in [3.8, 4) is 12.3 Å². The first-order valence-corrected chi connectivity index (χ1v) is 6.41. The van der Waals surface area contributed by atoms with Crippen LogP contribution in [0.1, 0.15) is 19.8 Å². The van der Waals surface area contributed by atoms with Crippen LogP contribution < -0.4 is 10.6 Å². The second-order valence-electron chi connectivity index (χ2n) is 5.01. The highest BCUT2D eigenvalue weighted by molar-refractivity contribution is 5.81. The minimum Gasteiger partial charge on any atom is -0.344 e. The van der Waals surface area contributed by atoms with Gasteiger partial charge in [0.15, 0.2) is 0 Å². The number of likely N-dealkylation sites (tertiary alicyclic amines) is 1. The van der Waals surface area contributed by atoms with E-state index >= 15 is 0 Å². The summed E-state index contributed by atoms with van der Waals surface area (Å²) in [5.41, 5.74) is 0. The number of hydrogen-bond donors (Lipinski definition) is 2. The number of carbonyl (C=O) groups is 1. The van der Waals surface area contributed by atoms with E-state index in [4.69, 9.17) is 6.42 Å². The lowest BCUT2D eigenvalue weighted by molar-refractivity contribution is -0.125. The molecule has 4 nitrogen and oxygen atoms in total. The van der Waals surface area contributed by atoms with Gasteiger partial charge in [0.2, 0.25) is 5.91 Å². The summed E-state index contributed by atoms with van der Waals surface area (Å²) in [5.74, 6) is 3.19. The summed E-state index contributed by atoms with van der Waals surface area (Å²) in [6, 6.07) is 0.502. The molecule has 0 aromatic rings. The van der Waals surface area contributed by atoms with Gasteiger partial charge in [0.05, 0.1) is 12.6 Å². The van der Waals surface area contributed by atoms with Crippen molar-refractivity contribution in [1.29, 1.82) is 0 Å². The van der Waals surface area contributed by atoms with Crippen LogP contribution >= 0.6 is 0 Å². The molecule has 2 aliphatic heterocycles. The second-order valence-corrected chi connectivity index (χ2v) is 5.01. The molecule has 2 aliphatic rings. The Kier molecular flexibility index (Phi) is 4.03. The number of carbonyl (C=O) groups excluding carboxylic acids is 1. The van der Waals surface area contributed by atoms with Gasteiger partial charge in [-0.05, 0) is 32.2 Å². The molecular formula is C13H21N3O. The predicted octanol–water partition coefficient (Wildman–Crippen LogP) is -0.192. The van der Waals surface area contributed by atoms with Crippen molar-refractivity contribution in [3.05, 3.63) is 0 Å². The van der Waals surface area contributed by atoms with Crippen molar-refractivity contribution in [1.82, 2.24) is 15.5 Å². The van der Waals surface area contributed by atoms with Gasteiger partial charge in [-0.3, -0.25) is 9.69 Å². The van der Waals surface area contributed by atoms with Gasteiger partial charge in [0.25, 0.3) is 0 Å². The molecule has 1 unspecified atom stereocenters. The molecule has 0 aromatic heterocycles. The van der Waals surface area contributed by atoms with Gasteiger partial charge in [-0.15, -0.1) is 6.42 Å². The topological polar surface area (TPSA) is 44.4 Å². The van der Waals surface area contributed by atoms with Gasteiger partial charge in [-0.2, -0.15) is 0 Å². The first-order chi connectivity index (χ1) is 8.22. The van der Waals surface area contributed by atoms with Crippen LogP contribution in [0.2, 0.25) is 0 Å². The monoisotopic (exact) mass is 235 g/mol. The van der Waals surface area contributed by atoms with Crippen LogP contribution in [0.3, 0.4) is 0 Å². The molecule has 0 radical (unpaired) electrons. The highest BCUT2D eigenvalue weighted by Crippen LogP contribution is 2.26. The maximum atomic E-state index is 11.8. The second kappa shape index (κ2) is 5.52. The maximum absolute atomic E-state index is 11.8. The first kappa shape index (κ1) is 12.4. The summed E-state index contributed by atoms with van der Waals surface area (Å²) in [7, 11) is 0. The van der Waals surface area contributed by atoms with Crippen LogP contribution in [0.5, 0.6) is 0 Å². The maximum Gasteiger partial charge on any atom is 0.237 e. The van der Waals surface area contributed by atoms with Crippen LogP contribution in [-0.2, 0) is 4.79 Å². The quantitative estimate of drug-likeness (QED) is 0.666. The number of nitrogens with one attached hydrogen (secondary N) is 2. The zero-order valence-corrected chi connectivity index (χ0v) is 10.4. The summed E-state index contributed by atoms with van der Waals surface area (Å²) in [4.78, 5) is 14.1. The fourth-order valence-corrected chi connectivity index (χ4v) is 2.85. The van der Waals surface area contributed by atoms with Crippen LogP contribution in [0.15, 0.2) is 0 Å². The molecule has 0 aliphatic carbocycles. The smallest absolute Gasteiger partial charge is 0.237 e. The van der Waals surface area contributed by atoms with Crippen molar-refractivity contribution >= 4 is 5.91 Å². The predicted molar refractivity (Wildman–Crippen MR) is 67.4 cm³/mol. The summed E-state index contributed by atoms with van der Waals surface area (Å²) < 4.78 is 0. The van der Waals surface area contributed by atoms with E-state index in [1.54, 1.807) is 0 Å². The van der Waals surface area contributed by atoms with E-state index < -0.39 is 0 Å². The largest absolute Gasteiger partial charge is 0.344 e. The molecule has 0 bridgehead atoms. The lowest BCUT2D eigenvalue weighted by atomic mass is 9.94. The summed E-state index contributed by atoms with van der Waals surface area (Å²) in [5, 5.41) is 6.30. The Bertz CT molecular complexity index is 309. The van der Waals surface area contributed by atoms with E-state index in [9.17, 15) is 4.79 Å². The van der Waals surface area contributed by atoms with E-state index in [1.807, 2.05) is 6.92 Å².